The van der Waals surface area contributed by atoms with Gasteiger partial charge in [0.15, 0.2) is 5.13 Å². The second-order valence-electron chi connectivity index (χ2n) is 10.2. The maximum absolute atomic E-state index is 13.2. The number of hydrogen-bond donors (Lipinski definition) is 1. The SMILES string of the molecule is COCc1nc(N(C[C@@H](Cc2ccc(C(F)(F)F)cc2)NCCN2CCOCC2)C(C)=O)sc1-c1nc2ccncc2s1. The number of carbonyl (C=O) groups excluding carboxylic acids is 1. The Morgan fingerprint density at radius 1 is 1.16 bits per heavy atom. The van der Waals surface area contributed by atoms with Gasteiger partial charge in [0.05, 0.1) is 46.2 Å². The highest BCUT2D eigenvalue weighted by molar-refractivity contribution is 7.26. The maximum Gasteiger partial charge on any atom is 0.416 e. The highest BCUT2D eigenvalue weighted by atomic mass is 32.1. The van der Waals surface area contributed by atoms with Crippen molar-refractivity contribution in [3.63, 3.8) is 0 Å². The van der Waals surface area contributed by atoms with Crippen molar-refractivity contribution >= 4 is 43.9 Å². The van der Waals surface area contributed by atoms with Gasteiger partial charge in [0.25, 0.3) is 0 Å². The van der Waals surface area contributed by atoms with E-state index in [0.717, 1.165) is 57.4 Å². The number of amides is 1. The van der Waals surface area contributed by atoms with E-state index in [1.807, 2.05) is 6.07 Å². The van der Waals surface area contributed by atoms with Crippen LogP contribution < -0.4 is 10.2 Å². The van der Waals surface area contributed by atoms with Gasteiger partial charge >= 0.3 is 6.18 Å². The van der Waals surface area contributed by atoms with Gasteiger partial charge in [-0.05, 0) is 30.2 Å². The van der Waals surface area contributed by atoms with Gasteiger partial charge in [0.1, 0.15) is 5.01 Å². The van der Waals surface area contributed by atoms with E-state index < -0.39 is 11.7 Å². The van der Waals surface area contributed by atoms with Crippen molar-refractivity contribution < 1.29 is 27.4 Å². The Labute approximate surface area is 255 Å². The van der Waals surface area contributed by atoms with E-state index in [-0.39, 0.29) is 25.1 Å². The van der Waals surface area contributed by atoms with Crippen molar-refractivity contribution in [2.24, 2.45) is 0 Å². The first-order chi connectivity index (χ1) is 20.7. The second kappa shape index (κ2) is 14.2. The van der Waals surface area contributed by atoms with E-state index in [1.165, 1.54) is 41.7 Å². The molecule has 0 radical (unpaired) electrons. The summed E-state index contributed by atoms with van der Waals surface area (Å²) in [6.07, 6.45) is -0.508. The lowest BCUT2D eigenvalue weighted by Crippen LogP contribution is -2.47. The number of halogens is 3. The summed E-state index contributed by atoms with van der Waals surface area (Å²) in [6.45, 7) is 6.52. The van der Waals surface area contributed by atoms with Crippen molar-refractivity contribution in [1.29, 1.82) is 0 Å². The molecule has 0 bridgehead atoms. The summed E-state index contributed by atoms with van der Waals surface area (Å²) < 4.78 is 51.3. The van der Waals surface area contributed by atoms with E-state index in [2.05, 4.69) is 15.2 Å². The molecule has 9 nitrogen and oxygen atoms in total. The predicted octanol–water partition coefficient (Wildman–Crippen LogP) is 4.87. The molecule has 0 spiro atoms. The fourth-order valence-electron chi connectivity index (χ4n) is 4.86. The first kappa shape index (κ1) is 31.4. The Kier molecular flexibility index (Phi) is 10.4. The van der Waals surface area contributed by atoms with E-state index in [4.69, 9.17) is 19.4 Å². The van der Waals surface area contributed by atoms with Crippen LogP contribution >= 0.6 is 22.7 Å². The number of morpholine rings is 1. The first-order valence-corrected chi connectivity index (χ1v) is 15.5. The Morgan fingerprint density at radius 2 is 1.93 bits per heavy atom. The summed E-state index contributed by atoms with van der Waals surface area (Å²) >= 11 is 2.87. The number of methoxy groups -OCH3 is 1. The van der Waals surface area contributed by atoms with Gasteiger partial charge in [0.2, 0.25) is 5.91 Å². The number of benzene rings is 1. The van der Waals surface area contributed by atoms with Crippen LogP contribution in [0.2, 0.25) is 0 Å². The molecular formula is C29H33F3N6O3S2. The fourth-order valence-corrected chi connectivity index (χ4v) is 7.01. The smallest absolute Gasteiger partial charge is 0.379 e. The number of carbonyl (C=O) groups is 1. The van der Waals surface area contributed by atoms with Crippen LogP contribution in [0.4, 0.5) is 18.3 Å². The quantitative estimate of drug-likeness (QED) is 0.236. The minimum absolute atomic E-state index is 0.190. The Hall–Kier alpha value is -3.01. The molecule has 0 aliphatic carbocycles. The lowest BCUT2D eigenvalue weighted by molar-refractivity contribution is -0.137. The van der Waals surface area contributed by atoms with Crippen molar-refractivity contribution in [2.45, 2.75) is 32.2 Å². The molecule has 3 aromatic heterocycles. The van der Waals surface area contributed by atoms with Crippen LogP contribution in [0.15, 0.2) is 42.7 Å². The Bertz CT molecular complexity index is 1470. The number of rotatable bonds is 12. The highest BCUT2D eigenvalue weighted by Gasteiger charge is 2.30. The highest BCUT2D eigenvalue weighted by Crippen LogP contribution is 2.39. The molecule has 0 saturated carbocycles. The monoisotopic (exact) mass is 634 g/mol. The van der Waals surface area contributed by atoms with E-state index in [9.17, 15) is 18.0 Å². The lowest BCUT2D eigenvalue weighted by Gasteiger charge is -2.29. The van der Waals surface area contributed by atoms with Crippen LogP contribution in [0.5, 0.6) is 0 Å². The van der Waals surface area contributed by atoms with Gasteiger partial charge in [-0.1, -0.05) is 23.5 Å². The zero-order chi connectivity index (χ0) is 30.4. The molecule has 230 valence electrons. The molecular weight excluding hydrogens is 601 g/mol. The van der Waals surface area contributed by atoms with Crippen molar-refractivity contribution in [2.75, 3.05) is 57.9 Å². The molecule has 14 heteroatoms. The average molecular weight is 635 g/mol. The van der Waals surface area contributed by atoms with Gasteiger partial charge in [-0.3, -0.25) is 19.6 Å². The number of ether oxygens (including phenoxy) is 2. The molecule has 5 rings (SSSR count). The van der Waals surface area contributed by atoms with E-state index in [1.54, 1.807) is 24.4 Å². The molecule has 4 heterocycles. The van der Waals surface area contributed by atoms with Crippen LogP contribution in [-0.4, -0.2) is 84.8 Å². The van der Waals surface area contributed by atoms with E-state index >= 15 is 0 Å². The molecule has 1 N–H and O–H groups in total. The largest absolute Gasteiger partial charge is 0.416 e. The zero-order valence-electron chi connectivity index (χ0n) is 23.9. The van der Waals surface area contributed by atoms with Crippen molar-refractivity contribution in [1.82, 2.24) is 25.2 Å². The molecule has 1 aliphatic heterocycles. The topological polar surface area (TPSA) is 92.7 Å². The van der Waals surface area contributed by atoms with Gasteiger partial charge in [-0.2, -0.15) is 13.2 Å². The zero-order valence-corrected chi connectivity index (χ0v) is 25.5. The predicted molar refractivity (Wildman–Crippen MR) is 161 cm³/mol. The molecule has 1 aliphatic rings. The number of anilines is 1. The van der Waals surface area contributed by atoms with Crippen molar-refractivity contribution in [3.05, 3.63) is 59.5 Å². The summed E-state index contributed by atoms with van der Waals surface area (Å²) in [7, 11) is 1.59. The number of nitrogens with zero attached hydrogens (tertiary/aromatic N) is 5. The second-order valence-corrected chi connectivity index (χ2v) is 12.2. The van der Waals surface area contributed by atoms with Crippen LogP contribution in [0.1, 0.15) is 23.7 Å². The molecule has 1 saturated heterocycles. The summed E-state index contributed by atoms with van der Waals surface area (Å²) in [5.74, 6) is -0.190. The maximum atomic E-state index is 13.2. The number of hydrogen-bond acceptors (Lipinski definition) is 10. The Balaban J connectivity index is 1.39. The molecule has 1 fully saturated rings. The lowest BCUT2D eigenvalue weighted by atomic mass is 10.0. The molecule has 1 aromatic carbocycles. The van der Waals surface area contributed by atoms with Crippen LogP contribution in [0, 0.1) is 0 Å². The molecule has 1 amide bonds. The third kappa shape index (κ3) is 8.13. The van der Waals surface area contributed by atoms with Gasteiger partial charge in [0, 0.05) is 65.2 Å². The summed E-state index contributed by atoms with van der Waals surface area (Å²) in [6, 6.07) is 6.80. The minimum atomic E-state index is -4.40. The van der Waals surface area contributed by atoms with Crippen LogP contribution in [0.3, 0.4) is 0 Å². The minimum Gasteiger partial charge on any atom is -0.379 e. The van der Waals surface area contributed by atoms with Crippen molar-refractivity contribution in [3.8, 4) is 9.88 Å². The number of nitrogens with one attached hydrogen (secondary N) is 1. The number of pyridine rings is 1. The normalized spacial score (nSPS) is 15.2. The van der Waals surface area contributed by atoms with Gasteiger partial charge in [-0.25, -0.2) is 9.97 Å². The van der Waals surface area contributed by atoms with Gasteiger partial charge < -0.3 is 14.8 Å². The van der Waals surface area contributed by atoms with Crippen LogP contribution in [-0.2, 0) is 33.5 Å². The number of fused-ring (bicyclic) bond motifs is 1. The van der Waals surface area contributed by atoms with Gasteiger partial charge in [-0.15, -0.1) is 11.3 Å². The first-order valence-electron chi connectivity index (χ1n) is 13.9. The van der Waals surface area contributed by atoms with E-state index in [0.29, 0.717) is 37.0 Å². The number of aromatic nitrogens is 3. The average Bonchev–Trinajstić information content (AvgIpc) is 3.60. The third-order valence-corrected chi connectivity index (χ3v) is 9.37. The third-order valence-electron chi connectivity index (χ3n) is 7.09. The summed E-state index contributed by atoms with van der Waals surface area (Å²) in [5, 5.41) is 4.83. The Morgan fingerprint density at radius 3 is 2.60 bits per heavy atom. The molecule has 4 aromatic rings. The van der Waals surface area contributed by atoms with Crippen LogP contribution in [0.25, 0.3) is 20.1 Å². The fraction of sp³-hybridized carbons (Fsp3) is 0.448. The summed E-state index contributed by atoms with van der Waals surface area (Å²) in [4.78, 5) is 31.5. The standard InChI is InChI=1S/C29H33F3N6O3S2/c1-19(39)38(28-36-24(18-40-2)26(43-28)27-35-23-7-8-33-16-25(23)42-27)17-22(34-9-10-37-11-13-41-14-12-37)15-20-3-5-21(6-4-20)29(30,31)32/h3-8,16,22,34H,9-15,17-18H2,1-2H3/t22-/m1/s1. The number of alkyl halides is 3. The molecule has 1 atom stereocenters. The number of thiazole rings is 2. The molecule has 0 unspecified atom stereocenters. The molecule has 43 heavy (non-hydrogen) atoms. The summed E-state index contributed by atoms with van der Waals surface area (Å²) in [5.41, 5.74) is 1.56.